The number of phenolic OH excluding ortho intramolecular Hbond substituents is 3. The van der Waals surface area contributed by atoms with Gasteiger partial charge in [0.15, 0.2) is 0 Å². The van der Waals surface area contributed by atoms with Crippen LogP contribution in [0.3, 0.4) is 0 Å². The van der Waals surface area contributed by atoms with Crippen molar-refractivity contribution in [1.82, 2.24) is 0 Å². The molecule has 5 heteroatoms. The van der Waals surface area contributed by atoms with Crippen LogP contribution in [0.5, 0.6) is 17.2 Å². The van der Waals surface area contributed by atoms with Crippen molar-refractivity contribution < 1.29 is 23.8 Å². The predicted octanol–water partition coefficient (Wildman–Crippen LogP) is 2.37. The van der Waals surface area contributed by atoms with Crippen LogP contribution in [-0.2, 0) is 0 Å². The van der Waals surface area contributed by atoms with Gasteiger partial charge in [0.05, 0.1) is 0 Å². The van der Waals surface area contributed by atoms with E-state index in [1.807, 2.05) is 0 Å². The molecule has 1 aromatic heterocycles. The Morgan fingerprint density at radius 2 is 1.79 bits per heavy atom. The molecule has 3 rings (SSSR count). The minimum Gasteiger partial charge on any atom is -0.508 e. The number of fused-ring (bicyclic) bond motifs is 3. The molecule has 0 bridgehead atoms. The summed E-state index contributed by atoms with van der Waals surface area (Å²) >= 11 is 0. The molecule has 0 atom stereocenters. The molecule has 19 heavy (non-hydrogen) atoms. The molecular formula is C14H10O5. The van der Waals surface area contributed by atoms with E-state index in [0.29, 0.717) is 0 Å². The molecule has 0 saturated heterocycles. The summed E-state index contributed by atoms with van der Waals surface area (Å²) in [6.45, 7) is -2.59. The molecule has 2 aromatic carbocycles. The summed E-state index contributed by atoms with van der Waals surface area (Å²) in [4.78, 5) is 12.0. The maximum absolute atomic E-state index is 12.0. The minimum absolute atomic E-state index is 0.0265. The van der Waals surface area contributed by atoms with E-state index in [2.05, 4.69) is 0 Å². The zero-order valence-corrected chi connectivity index (χ0v) is 9.47. The van der Waals surface area contributed by atoms with Crippen molar-refractivity contribution in [2.24, 2.45) is 0 Å². The number of aryl methyl sites for hydroxylation is 1. The summed E-state index contributed by atoms with van der Waals surface area (Å²) in [5.74, 6) is -1.22. The van der Waals surface area contributed by atoms with Gasteiger partial charge in [0.1, 0.15) is 28.2 Å². The van der Waals surface area contributed by atoms with E-state index in [1.165, 1.54) is 6.07 Å². The first-order valence-electron chi connectivity index (χ1n) is 6.84. The summed E-state index contributed by atoms with van der Waals surface area (Å²) in [5, 5.41) is 28.9. The van der Waals surface area contributed by atoms with Gasteiger partial charge in [-0.3, -0.25) is 0 Å². The maximum Gasteiger partial charge on any atom is 0.347 e. The largest absolute Gasteiger partial charge is 0.508 e. The van der Waals surface area contributed by atoms with Gasteiger partial charge in [0.25, 0.3) is 0 Å². The molecule has 0 unspecified atom stereocenters. The Hall–Kier alpha value is -2.69. The highest BCUT2D eigenvalue weighted by Gasteiger charge is 2.14. The number of rotatable bonds is 0. The van der Waals surface area contributed by atoms with Crippen molar-refractivity contribution >= 4 is 21.7 Å². The fourth-order valence-corrected chi connectivity index (χ4v) is 2.13. The average molecular weight is 261 g/mol. The number of phenols is 3. The fraction of sp³-hybridized carbons (Fsp3) is 0.0714. The van der Waals surface area contributed by atoms with Gasteiger partial charge >= 0.3 is 5.63 Å². The van der Waals surface area contributed by atoms with E-state index in [0.717, 1.165) is 18.2 Å². The van der Waals surface area contributed by atoms with E-state index < -0.39 is 18.2 Å². The molecular weight excluding hydrogens is 248 g/mol. The standard InChI is InChI=1S/C14H10O5/c1-6-2-7(15)5-11-12(6)9-3-8(16)4-10(17)13(9)14(18)19-11/h2-5,15-17H,1H3/i1D3. The van der Waals surface area contributed by atoms with E-state index in [4.69, 9.17) is 8.53 Å². The van der Waals surface area contributed by atoms with Crippen molar-refractivity contribution in [3.8, 4) is 17.2 Å². The molecule has 5 nitrogen and oxygen atoms in total. The van der Waals surface area contributed by atoms with Crippen LogP contribution in [0.15, 0.2) is 33.5 Å². The Morgan fingerprint density at radius 3 is 2.53 bits per heavy atom. The van der Waals surface area contributed by atoms with Crippen LogP contribution in [0.2, 0.25) is 0 Å². The van der Waals surface area contributed by atoms with E-state index >= 15 is 0 Å². The lowest BCUT2D eigenvalue weighted by molar-refractivity contribution is 0.453. The quantitative estimate of drug-likeness (QED) is 0.427. The maximum atomic E-state index is 12.0. The second-order valence-corrected chi connectivity index (χ2v) is 4.14. The van der Waals surface area contributed by atoms with Crippen LogP contribution >= 0.6 is 0 Å². The van der Waals surface area contributed by atoms with Crippen LogP contribution in [0.4, 0.5) is 0 Å². The summed E-state index contributed by atoms with van der Waals surface area (Å²) in [5.41, 5.74) is -1.29. The fourth-order valence-electron chi connectivity index (χ4n) is 2.13. The molecule has 0 aliphatic rings. The zero-order chi connectivity index (χ0) is 16.2. The van der Waals surface area contributed by atoms with Gasteiger partial charge in [0.2, 0.25) is 0 Å². The van der Waals surface area contributed by atoms with Crippen LogP contribution in [-0.4, -0.2) is 15.3 Å². The van der Waals surface area contributed by atoms with Gasteiger partial charge in [0, 0.05) is 27.0 Å². The van der Waals surface area contributed by atoms with Crippen LogP contribution in [0.25, 0.3) is 21.7 Å². The Kier molecular flexibility index (Phi) is 1.62. The molecule has 0 saturated carbocycles. The van der Waals surface area contributed by atoms with Gasteiger partial charge in [-0.15, -0.1) is 0 Å². The zero-order valence-electron chi connectivity index (χ0n) is 12.5. The highest BCUT2D eigenvalue weighted by Crippen LogP contribution is 2.35. The molecule has 96 valence electrons. The Bertz CT molecular complexity index is 972. The Labute approximate surface area is 111 Å². The van der Waals surface area contributed by atoms with Crippen LogP contribution in [0.1, 0.15) is 9.68 Å². The first-order valence-corrected chi connectivity index (χ1v) is 5.34. The molecule has 0 fully saturated rings. The van der Waals surface area contributed by atoms with Crippen molar-refractivity contribution in [3.05, 3.63) is 40.2 Å². The summed E-state index contributed by atoms with van der Waals surface area (Å²) in [6, 6.07) is 4.27. The predicted molar refractivity (Wildman–Crippen MR) is 69.7 cm³/mol. The lowest BCUT2D eigenvalue weighted by Gasteiger charge is -2.08. The van der Waals surface area contributed by atoms with E-state index in [1.54, 1.807) is 0 Å². The number of hydrogen-bond acceptors (Lipinski definition) is 5. The van der Waals surface area contributed by atoms with Crippen LogP contribution in [0, 0.1) is 6.85 Å². The van der Waals surface area contributed by atoms with Crippen molar-refractivity contribution in [1.29, 1.82) is 0 Å². The van der Waals surface area contributed by atoms with Crippen molar-refractivity contribution in [2.75, 3.05) is 0 Å². The third-order valence-corrected chi connectivity index (χ3v) is 2.87. The van der Waals surface area contributed by atoms with Gasteiger partial charge in [-0.05, 0) is 24.5 Å². The molecule has 0 spiro atoms. The number of benzene rings is 2. The highest BCUT2D eigenvalue weighted by molar-refractivity contribution is 6.08. The lowest BCUT2D eigenvalue weighted by Crippen LogP contribution is -2.00. The molecule has 0 radical (unpaired) electrons. The molecule has 3 N–H and O–H groups in total. The smallest absolute Gasteiger partial charge is 0.347 e. The molecule has 0 amide bonds. The summed E-state index contributed by atoms with van der Waals surface area (Å²) in [7, 11) is 0. The third-order valence-electron chi connectivity index (χ3n) is 2.87. The van der Waals surface area contributed by atoms with Crippen LogP contribution < -0.4 is 5.63 Å². The number of aromatic hydroxyl groups is 3. The highest BCUT2D eigenvalue weighted by atomic mass is 16.4. The van der Waals surface area contributed by atoms with Gasteiger partial charge in [-0.1, -0.05) is 0 Å². The topological polar surface area (TPSA) is 90.9 Å². The summed E-state index contributed by atoms with van der Waals surface area (Å²) < 4.78 is 27.7. The van der Waals surface area contributed by atoms with Gasteiger partial charge < -0.3 is 19.7 Å². The first kappa shape index (κ1) is 8.42. The third kappa shape index (κ3) is 1.59. The van der Waals surface area contributed by atoms with E-state index in [9.17, 15) is 20.1 Å². The molecule has 0 aliphatic carbocycles. The minimum atomic E-state index is -2.59. The summed E-state index contributed by atoms with van der Waals surface area (Å²) in [6.07, 6.45) is 0. The molecule has 0 aliphatic heterocycles. The first-order chi connectivity index (χ1) is 10.2. The van der Waals surface area contributed by atoms with Crippen molar-refractivity contribution in [2.45, 2.75) is 6.85 Å². The second kappa shape index (κ2) is 3.65. The molecule has 3 aromatic rings. The average Bonchev–Trinajstić information content (AvgIpc) is 2.35. The Morgan fingerprint density at radius 1 is 1.05 bits per heavy atom. The monoisotopic (exact) mass is 261 g/mol. The SMILES string of the molecule is [2H]C([2H])([2H])c1cc(O)cc2oc(=O)c3c(O)cc(O)cc3c12. The normalized spacial score (nSPS) is 14.2. The lowest BCUT2D eigenvalue weighted by atomic mass is 10.0. The second-order valence-electron chi connectivity index (χ2n) is 4.14. The molecule has 1 heterocycles. The Balaban J connectivity index is 2.69. The van der Waals surface area contributed by atoms with Gasteiger partial charge in [-0.25, -0.2) is 4.79 Å². The van der Waals surface area contributed by atoms with Gasteiger partial charge in [-0.2, -0.15) is 0 Å². The number of hydrogen-bond donors (Lipinski definition) is 3. The van der Waals surface area contributed by atoms with E-state index in [-0.39, 0.29) is 38.8 Å². The van der Waals surface area contributed by atoms with Crippen molar-refractivity contribution in [3.63, 3.8) is 0 Å².